The number of likely N-dealkylation sites (tertiary alicyclic amines) is 1. The molecule has 1 heterocycles. The number of nitrogens with zero attached hydrogens (tertiary/aromatic N) is 1. The summed E-state index contributed by atoms with van der Waals surface area (Å²) in [5.41, 5.74) is 2.91. The van der Waals surface area contributed by atoms with Crippen LogP contribution in [0.25, 0.3) is 5.76 Å². The average molecular weight is 448 g/mol. The van der Waals surface area contributed by atoms with Crippen LogP contribution in [0.15, 0.2) is 42.0 Å². The third kappa shape index (κ3) is 4.24. The van der Waals surface area contributed by atoms with Crippen LogP contribution in [0.1, 0.15) is 34.7 Å². The summed E-state index contributed by atoms with van der Waals surface area (Å²) >= 11 is 12.3. The molecule has 0 spiro atoms. The first-order chi connectivity index (χ1) is 14.3. The average Bonchev–Trinajstić information content (AvgIpc) is 2.96. The standard InChI is InChI=1S/C23H23Cl2NO4/c1-13-5-6-14(2)16(11-13)21(27)19-20(15-7-8-17(24)18(25)12-15)26(9-4-10-30-3)23(29)22(19)28/h5-8,11-12,20,27H,4,9-10H2,1-3H3. The molecule has 1 N–H and O–H groups in total. The fourth-order valence-electron chi connectivity index (χ4n) is 3.65. The minimum absolute atomic E-state index is 0.0458. The molecule has 1 fully saturated rings. The molecule has 1 aliphatic heterocycles. The van der Waals surface area contributed by atoms with Crippen LogP contribution in [0.5, 0.6) is 0 Å². The van der Waals surface area contributed by atoms with Crippen LogP contribution in [0, 0.1) is 13.8 Å². The van der Waals surface area contributed by atoms with E-state index in [9.17, 15) is 14.7 Å². The van der Waals surface area contributed by atoms with E-state index in [0.717, 1.165) is 11.1 Å². The van der Waals surface area contributed by atoms with Crippen LogP contribution >= 0.6 is 23.2 Å². The number of hydrogen-bond acceptors (Lipinski definition) is 4. The highest BCUT2D eigenvalue weighted by Crippen LogP contribution is 2.41. The van der Waals surface area contributed by atoms with Gasteiger partial charge in [0.1, 0.15) is 5.76 Å². The Labute approximate surface area is 185 Å². The zero-order chi connectivity index (χ0) is 22.0. The van der Waals surface area contributed by atoms with E-state index in [4.69, 9.17) is 27.9 Å². The van der Waals surface area contributed by atoms with E-state index in [1.807, 2.05) is 26.0 Å². The Bertz CT molecular complexity index is 1030. The number of aliphatic hydroxyl groups excluding tert-OH is 1. The lowest BCUT2D eigenvalue weighted by atomic mass is 9.93. The van der Waals surface area contributed by atoms with Gasteiger partial charge in [0, 0.05) is 25.8 Å². The monoisotopic (exact) mass is 447 g/mol. The van der Waals surface area contributed by atoms with Crippen molar-refractivity contribution in [2.75, 3.05) is 20.3 Å². The lowest BCUT2D eigenvalue weighted by Crippen LogP contribution is -2.31. The first-order valence-electron chi connectivity index (χ1n) is 9.56. The smallest absolute Gasteiger partial charge is 0.295 e. The summed E-state index contributed by atoms with van der Waals surface area (Å²) in [4.78, 5) is 27.3. The van der Waals surface area contributed by atoms with Gasteiger partial charge in [-0.2, -0.15) is 0 Å². The van der Waals surface area contributed by atoms with Crippen molar-refractivity contribution in [3.8, 4) is 0 Å². The Morgan fingerprint density at radius 1 is 1.10 bits per heavy atom. The summed E-state index contributed by atoms with van der Waals surface area (Å²) in [6, 6.07) is 9.78. The van der Waals surface area contributed by atoms with Crippen molar-refractivity contribution in [1.82, 2.24) is 4.90 Å². The van der Waals surface area contributed by atoms with Crippen molar-refractivity contribution < 1.29 is 19.4 Å². The van der Waals surface area contributed by atoms with Crippen LogP contribution in [0.2, 0.25) is 10.0 Å². The van der Waals surface area contributed by atoms with Crippen molar-refractivity contribution in [2.45, 2.75) is 26.3 Å². The summed E-state index contributed by atoms with van der Waals surface area (Å²) < 4.78 is 5.09. The summed E-state index contributed by atoms with van der Waals surface area (Å²) in [5, 5.41) is 11.8. The van der Waals surface area contributed by atoms with Crippen molar-refractivity contribution in [1.29, 1.82) is 0 Å². The number of amides is 1. The van der Waals surface area contributed by atoms with Crippen LogP contribution in [0.3, 0.4) is 0 Å². The topological polar surface area (TPSA) is 66.8 Å². The predicted molar refractivity (Wildman–Crippen MR) is 118 cm³/mol. The quantitative estimate of drug-likeness (QED) is 0.290. The van der Waals surface area contributed by atoms with Gasteiger partial charge in [-0.15, -0.1) is 0 Å². The molecule has 0 saturated carbocycles. The number of benzene rings is 2. The Morgan fingerprint density at radius 3 is 2.50 bits per heavy atom. The molecule has 1 amide bonds. The first-order valence-corrected chi connectivity index (χ1v) is 10.3. The molecule has 7 heteroatoms. The number of ketones is 1. The van der Waals surface area contributed by atoms with E-state index in [0.29, 0.717) is 40.7 Å². The number of carbonyl (C=O) groups excluding carboxylic acids is 2. The normalized spacial score (nSPS) is 18.3. The van der Waals surface area contributed by atoms with Gasteiger partial charge in [-0.05, 0) is 49.6 Å². The summed E-state index contributed by atoms with van der Waals surface area (Å²) in [6.45, 7) is 4.48. The molecule has 1 atom stereocenters. The largest absolute Gasteiger partial charge is 0.507 e. The maximum Gasteiger partial charge on any atom is 0.295 e. The van der Waals surface area contributed by atoms with Gasteiger partial charge >= 0.3 is 0 Å². The number of methoxy groups -OCH3 is 1. The highest BCUT2D eigenvalue weighted by atomic mass is 35.5. The fourth-order valence-corrected chi connectivity index (χ4v) is 3.96. The van der Waals surface area contributed by atoms with Gasteiger partial charge in [0.25, 0.3) is 11.7 Å². The van der Waals surface area contributed by atoms with Crippen molar-refractivity contribution in [3.05, 3.63) is 74.3 Å². The van der Waals surface area contributed by atoms with Crippen LogP contribution in [0.4, 0.5) is 0 Å². The number of Topliss-reactive ketones (excluding diaryl/α,β-unsaturated/α-hetero) is 1. The molecule has 0 bridgehead atoms. The lowest BCUT2D eigenvalue weighted by Gasteiger charge is -2.25. The van der Waals surface area contributed by atoms with Gasteiger partial charge in [-0.1, -0.05) is 47.0 Å². The second-order valence-corrected chi connectivity index (χ2v) is 8.15. The molecule has 2 aromatic carbocycles. The van der Waals surface area contributed by atoms with Crippen molar-refractivity contribution in [3.63, 3.8) is 0 Å². The fraction of sp³-hybridized carbons (Fsp3) is 0.304. The second kappa shape index (κ2) is 9.21. The van der Waals surface area contributed by atoms with Crippen LogP contribution in [-0.4, -0.2) is 42.0 Å². The Balaban J connectivity index is 2.19. The van der Waals surface area contributed by atoms with Crippen LogP contribution < -0.4 is 0 Å². The number of aliphatic hydroxyl groups is 1. The third-order valence-corrected chi connectivity index (χ3v) is 5.93. The lowest BCUT2D eigenvalue weighted by molar-refractivity contribution is -0.140. The van der Waals surface area contributed by atoms with Gasteiger partial charge in [0.15, 0.2) is 0 Å². The second-order valence-electron chi connectivity index (χ2n) is 7.33. The Hall–Kier alpha value is -2.34. The molecule has 1 unspecified atom stereocenters. The highest BCUT2D eigenvalue weighted by Gasteiger charge is 2.46. The predicted octanol–water partition coefficient (Wildman–Crippen LogP) is 5.07. The summed E-state index contributed by atoms with van der Waals surface area (Å²) in [7, 11) is 1.57. The third-order valence-electron chi connectivity index (χ3n) is 5.20. The minimum Gasteiger partial charge on any atom is -0.507 e. The van der Waals surface area contributed by atoms with Gasteiger partial charge in [-0.25, -0.2) is 0 Å². The number of carbonyl (C=O) groups is 2. The van der Waals surface area contributed by atoms with E-state index >= 15 is 0 Å². The molecule has 3 rings (SSSR count). The molecule has 1 aliphatic rings. The molecule has 158 valence electrons. The van der Waals surface area contributed by atoms with E-state index in [1.54, 1.807) is 31.4 Å². The molecule has 1 saturated heterocycles. The van der Waals surface area contributed by atoms with E-state index in [1.165, 1.54) is 4.90 Å². The van der Waals surface area contributed by atoms with Gasteiger partial charge in [0.2, 0.25) is 0 Å². The molecular formula is C23H23Cl2NO4. The van der Waals surface area contributed by atoms with Crippen molar-refractivity contribution in [2.24, 2.45) is 0 Å². The molecule has 0 aliphatic carbocycles. The summed E-state index contributed by atoms with van der Waals surface area (Å²) in [6.07, 6.45) is 0.546. The van der Waals surface area contributed by atoms with Gasteiger partial charge in [-0.3, -0.25) is 9.59 Å². The SMILES string of the molecule is COCCCN1C(=O)C(=O)C(=C(O)c2cc(C)ccc2C)C1c1ccc(Cl)c(Cl)c1. The van der Waals surface area contributed by atoms with Gasteiger partial charge in [0.05, 0.1) is 21.7 Å². The molecule has 0 radical (unpaired) electrons. The number of rotatable bonds is 6. The van der Waals surface area contributed by atoms with E-state index < -0.39 is 17.7 Å². The minimum atomic E-state index is -0.767. The maximum absolute atomic E-state index is 13.0. The number of aryl methyl sites for hydroxylation is 2. The highest BCUT2D eigenvalue weighted by molar-refractivity contribution is 6.47. The zero-order valence-electron chi connectivity index (χ0n) is 17.0. The molecule has 30 heavy (non-hydrogen) atoms. The number of ether oxygens (including phenoxy) is 1. The summed E-state index contributed by atoms with van der Waals surface area (Å²) in [5.74, 6) is -1.57. The molecular weight excluding hydrogens is 425 g/mol. The van der Waals surface area contributed by atoms with Gasteiger partial charge < -0.3 is 14.7 Å². The Kier molecular flexibility index (Phi) is 6.86. The Morgan fingerprint density at radius 2 is 1.83 bits per heavy atom. The van der Waals surface area contributed by atoms with E-state index in [-0.39, 0.29) is 11.3 Å². The van der Waals surface area contributed by atoms with Crippen LogP contribution in [-0.2, 0) is 14.3 Å². The van der Waals surface area contributed by atoms with E-state index in [2.05, 4.69) is 0 Å². The molecule has 0 aromatic heterocycles. The molecule has 2 aromatic rings. The number of hydrogen-bond donors (Lipinski definition) is 1. The van der Waals surface area contributed by atoms with Crippen molar-refractivity contribution >= 4 is 40.7 Å². The molecule has 5 nitrogen and oxygen atoms in total. The maximum atomic E-state index is 13.0. The number of halogens is 2. The first kappa shape index (κ1) is 22.3. The zero-order valence-corrected chi connectivity index (χ0v) is 18.5.